The third-order valence-electron chi connectivity index (χ3n) is 6.40. The molecule has 2 heterocycles. The fourth-order valence-electron chi connectivity index (χ4n) is 4.53. The summed E-state index contributed by atoms with van der Waals surface area (Å²) in [6, 6.07) is 13.0. The summed E-state index contributed by atoms with van der Waals surface area (Å²) in [6.07, 6.45) is -4.80. The molecule has 3 aromatic rings. The van der Waals surface area contributed by atoms with E-state index in [0.717, 1.165) is 4.90 Å². The molecule has 11 heteroatoms. The Labute approximate surface area is 213 Å². The first kappa shape index (κ1) is 24.8. The first-order chi connectivity index (χ1) is 17.5. The molecule has 0 unspecified atom stereocenters. The van der Waals surface area contributed by atoms with Crippen LogP contribution in [0.4, 0.5) is 28.9 Å². The highest BCUT2D eigenvalue weighted by Crippen LogP contribution is 2.34. The number of anilines is 2. The minimum atomic E-state index is -4.80. The summed E-state index contributed by atoms with van der Waals surface area (Å²) in [4.78, 5) is 42.9. The van der Waals surface area contributed by atoms with Gasteiger partial charge in [0.2, 0.25) is 0 Å². The smallest absolute Gasteiger partial charge is 0.368 e. The van der Waals surface area contributed by atoms with Crippen molar-refractivity contribution in [1.29, 1.82) is 0 Å². The molecule has 0 atom stereocenters. The van der Waals surface area contributed by atoms with Crippen molar-refractivity contribution in [2.75, 3.05) is 36.0 Å². The van der Waals surface area contributed by atoms with Gasteiger partial charge in [0.05, 0.1) is 27.9 Å². The van der Waals surface area contributed by atoms with E-state index in [1.54, 1.807) is 42.5 Å². The zero-order valence-electron chi connectivity index (χ0n) is 19.1. The van der Waals surface area contributed by atoms with Crippen LogP contribution in [0.15, 0.2) is 60.7 Å². The Morgan fingerprint density at radius 2 is 1.41 bits per heavy atom. The van der Waals surface area contributed by atoms with Crippen molar-refractivity contribution in [2.24, 2.45) is 0 Å². The second kappa shape index (κ2) is 9.19. The molecule has 190 valence electrons. The van der Waals surface area contributed by atoms with E-state index >= 15 is 0 Å². The van der Waals surface area contributed by atoms with Gasteiger partial charge < -0.3 is 9.80 Å². The van der Waals surface area contributed by atoms with Gasteiger partial charge in [-0.3, -0.25) is 14.4 Å². The van der Waals surface area contributed by atoms with Crippen LogP contribution >= 0.6 is 11.6 Å². The SMILES string of the molecule is O=C(c1cc(F)ccc1C(F)(F)F)N1CCN(c2ccc3c(c2)C(=O)N(c2ccc(Cl)cc2)C3=O)CC1. The summed E-state index contributed by atoms with van der Waals surface area (Å²) in [5, 5.41) is 0.465. The normalized spacial score (nSPS) is 15.9. The lowest BCUT2D eigenvalue weighted by atomic mass is 10.0. The molecule has 6 nitrogen and oxygen atoms in total. The minimum absolute atomic E-state index is 0.0908. The Bertz CT molecular complexity index is 1420. The maximum Gasteiger partial charge on any atom is 0.417 e. The van der Waals surface area contributed by atoms with Crippen molar-refractivity contribution < 1.29 is 31.9 Å². The van der Waals surface area contributed by atoms with Crippen LogP contribution < -0.4 is 9.80 Å². The number of hydrogen-bond acceptors (Lipinski definition) is 4. The zero-order chi connectivity index (χ0) is 26.5. The Kier molecular flexibility index (Phi) is 6.15. The van der Waals surface area contributed by atoms with E-state index in [1.165, 1.54) is 4.90 Å². The van der Waals surface area contributed by atoms with E-state index in [1.807, 2.05) is 4.90 Å². The van der Waals surface area contributed by atoms with Gasteiger partial charge in [0.25, 0.3) is 17.7 Å². The number of alkyl halides is 3. The summed E-state index contributed by atoms with van der Waals surface area (Å²) in [6.45, 7) is 0.718. The number of amides is 3. The molecule has 0 aliphatic carbocycles. The van der Waals surface area contributed by atoms with Crippen LogP contribution in [0.2, 0.25) is 5.02 Å². The van der Waals surface area contributed by atoms with Gasteiger partial charge in [-0.15, -0.1) is 0 Å². The summed E-state index contributed by atoms with van der Waals surface area (Å²) in [7, 11) is 0. The molecular formula is C26H18ClF4N3O3. The lowest BCUT2D eigenvalue weighted by Crippen LogP contribution is -2.49. The summed E-state index contributed by atoms with van der Waals surface area (Å²) in [5.41, 5.74) is -0.418. The molecule has 5 rings (SSSR count). The molecule has 0 radical (unpaired) electrons. The molecule has 0 spiro atoms. The molecule has 37 heavy (non-hydrogen) atoms. The van der Waals surface area contributed by atoms with Crippen molar-refractivity contribution in [3.63, 3.8) is 0 Å². The third kappa shape index (κ3) is 4.53. The molecule has 1 fully saturated rings. The van der Waals surface area contributed by atoms with E-state index < -0.39 is 40.8 Å². The van der Waals surface area contributed by atoms with Gasteiger partial charge in [-0.05, 0) is 60.7 Å². The van der Waals surface area contributed by atoms with Crippen LogP contribution in [0.3, 0.4) is 0 Å². The highest BCUT2D eigenvalue weighted by molar-refractivity contribution is 6.35. The van der Waals surface area contributed by atoms with Gasteiger partial charge in [0.1, 0.15) is 5.82 Å². The number of carbonyl (C=O) groups is 3. The lowest BCUT2D eigenvalue weighted by Gasteiger charge is -2.36. The van der Waals surface area contributed by atoms with Crippen LogP contribution in [0, 0.1) is 5.82 Å². The number of imide groups is 1. The Morgan fingerprint density at radius 3 is 2.05 bits per heavy atom. The van der Waals surface area contributed by atoms with Gasteiger partial charge >= 0.3 is 6.18 Å². The molecule has 0 N–H and O–H groups in total. The van der Waals surface area contributed by atoms with Crippen molar-refractivity contribution >= 4 is 40.7 Å². The number of benzene rings is 3. The molecule has 3 amide bonds. The Balaban J connectivity index is 1.32. The van der Waals surface area contributed by atoms with Crippen LogP contribution in [-0.2, 0) is 6.18 Å². The highest BCUT2D eigenvalue weighted by atomic mass is 35.5. The van der Waals surface area contributed by atoms with E-state index in [-0.39, 0.29) is 37.3 Å². The van der Waals surface area contributed by atoms with E-state index in [2.05, 4.69) is 0 Å². The zero-order valence-corrected chi connectivity index (χ0v) is 19.8. The maximum absolute atomic E-state index is 13.7. The molecule has 0 saturated carbocycles. The Morgan fingerprint density at radius 1 is 0.784 bits per heavy atom. The number of rotatable bonds is 3. The first-order valence-electron chi connectivity index (χ1n) is 11.2. The molecular weight excluding hydrogens is 514 g/mol. The van der Waals surface area contributed by atoms with Crippen molar-refractivity contribution in [2.45, 2.75) is 6.18 Å². The number of fused-ring (bicyclic) bond motifs is 1. The number of halogens is 5. The number of hydrogen-bond donors (Lipinski definition) is 0. The number of piperazine rings is 1. The molecule has 0 bridgehead atoms. The van der Waals surface area contributed by atoms with Crippen molar-refractivity contribution in [3.8, 4) is 0 Å². The fourth-order valence-corrected chi connectivity index (χ4v) is 4.65. The average Bonchev–Trinajstić information content (AvgIpc) is 3.12. The van der Waals surface area contributed by atoms with Gasteiger partial charge in [-0.2, -0.15) is 13.2 Å². The third-order valence-corrected chi connectivity index (χ3v) is 6.66. The summed E-state index contributed by atoms with van der Waals surface area (Å²) >= 11 is 5.90. The van der Waals surface area contributed by atoms with Crippen LogP contribution in [0.25, 0.3) is 0 Å². The lowest BCUT2D eigenvalue weighted by molar-refractivity contribution is -0.138. The van der Waals surface area contributed by atoms with Crippen molar-refractivity contribution in [1.82, 2.24) is 4.90 Å². The average molecular weight is 532 g/mol. The van der Waals surface area contributed by atoms with Gasteiger partial charge in [0, 0.05) is 36.9 Å². The van der Waals surface area contributed by atoms with Crippen LogP contribution in [-0.4, -0.2) is 48.8 Å². The van der Waals surface area contributed by atoms with Crippen LogP contribution in [0.1, 0.15) is 36.6 Å². The van der Waals surface area contributed by atoms with Gasteiger partial charge in [-0.25, -0.2) is 9.29 Å². The van der Waals surface area contributed by atoms with Gasteiger partial charge in [0.15, 0.2) is 0 Å². The molecule has 0 aromatic heterocycles. The fraction of sp³-hybridized carbons (Fsp3) is 0.192. The first-order valence-corrected chi connectivity index (χ1v) is 11.6. The largest absolute Gasteiger partial charge is 0.417 e. The topological polar surface area (TPSA) is 60.9 Å². The van der Waals surface area contributed by atoms with E-state index in [4.69, 9.17) is 11.6 Å². The van der Waals surface area contributed by atoms with Crippen LogP contribution in [0.5, 0.6) is 0 Å². The standard InChI is InChI=1S/C26H18ClF4N3O3/c27-15-1-4-17(5-2-15)34-24(36)19-7-6-18(14-20(19)25(34)37)32-9-11-33(12-10-32)23(35)21-13-16(28)3-8-22(21)26(29,30)31/h1-8,13-14H,9-12H2. The highest BCUT2D eigenvalue weighted by Gasteiger charge is 2.38. The maximum atomic E-state index is 13.7. The Hall–Kier alpha value is -3.92. The number of nitrogens with zero attached hydrogens (tertiary/aromatic N) is 3. The van der Waals surface area contributed by atoms with Gasteiger partial charge in [-0.1, -0.05) is 11.6 Å². The van der Waals surface area contributed by atoms with Crippen molar-refractivity contribution in [3.05, 3.63) is 93.8 Å². The quantitative estimate of drug-likeness (QED) is 0.342. The second-order valence-corrected chi connectivity index (χ2v) is 9.06. The van der Waals surface area contributed by atoms with E-state index in [0.29, 0.717) is 34.6 Å². The van der Waals surface area contributed by atoms with E-state index in [9.17, 15) is 31.9 Å². The predicted octanol–water partition coefficient (Wildman–Crippen LogP) is 5.26. The monoisotopic (exact) mass is 531 g/mol. The minimum Gasteiger partial charge on any atom is -0.368 e. The summed E-state index contributed by atoms with van der Waals surface area (Å²) < 4.78 is 53.7. The molecule has 3 aromatic carbocycles. The predicted molar refractivity (Wildman–Crippen MR) is 129 cm³/mol. The molecule has 2 aliphatic rings. The molecule has 1 saturated heterocycles. The number of carbonyl (C=O) groups excluding carboxylic acids is 3. The summed E-state index contributed by atoms with van der Waals surface area (Å²) in [5.74, 6) is -2.77. The second-order valence-electron chi connectivity index (χ2n) is 8.62. The molecule has 2 aliphatic heterocycles.